The van der Waals surface area contributed by atoms with Crippen molar-refractivity contribution in [3.63, 3.8) is 0 Å². The van der Waals surface area contributed by atoms with Gasteiger partial charge in [-0.15, -0.1) is 0 Å². The van der Waals surface area contributed by atoms with Gasteiger partial charge in [0.05, 0.1) is 23.0 Å². The Hall–Kier alpha value is -4.12. The second kappa shape index (κ2) is 7.54. The minimum atomic E-state index is -3.79. The van der Waals surface area contributed by atoms with Gasteiger partial charge in [0.2, 0.25) is 11.7 Å². The van der Waals surface area contributed by atoms with E-state index in [-0.39, 0.29) is 22.1 Å². The lowest BCUT2D eigenvalue weighted by Crippen LogP contribution is -2.13. The number of rotatable bonds is 5. The van der Waals surface area contributed by atoms with Gasteiger partial charge >= 0.3 is 0 Å². The van der Waals surface area contributed by atoms with Crippen molar-refractivity contribution in [2.45, 2.75) is 11.8 Å². The number of fused-ring (bicyclic) bond motifs is 1. The van der Waals surface area contributed by atoms with E-state index in [0.717, 1.165) is 0 Å². The molecule has 1 aromatic carbocycles. The Morgan fingerprint density at radius 3 is 2.62 bits per heavy atom. The predicted molar refractivity (Wildman–Crippen MR) is 114 cm³/mol. The van der Waals surface area contributed by atoms with Crippen molar-refractivity contribution in [1.82, 2.24) is 24.5 Å². The van der Waals surface area contributed by atoms with E-state index in [1.165, 1.54) is 41.2 Å². The summed E-state index contributed by atoms with van der Waals surface area (Å²) in [4.78, 5) is 12.5. The molecule has 0 bridgehead atoms. The lowest BCUT2D eigenvalue weighted by Gasteiger charge is -2.10. The van der Waals surface area contributed by atoms with Gasteiger partial charge in [0, 0.05) is 30.4 Å². The molecule has 9 nitrogen and oxygen atoms in total. The molecule has 32 heavy (non-hydrogen) atoms. The van der Waals surface area contributed by atoms with E-state index >= 15 is 0 Å². The first kappa shape index (κ1) is 19.8. The first-order chi connectivity index (χ1) is 15.4. The molecule has 0 unspecified atom stereocenters. The van der Waals surface area contributed by atoms with Gasteiger partial charge in [-0.2, -0.15) is 4.98 Å². The van der Waals surface area contributed by atoms with Crippen molar-refractivity contribution >= 4 is 21.4 Å². The molecular weight excluding hydrogens is 435 g/mol. The third kappa shape index (κ3) is 3.58. The Morgan fingerprint density at radius 1 is 1.06 bits per heavy atom. The van der Waals surface area contributed by atoms with Crippen LogP contribution in [0.5, 0.6) is 0 Å². The maximum atomic E-state index is 14.8. The second-order valence-electron chi connectivity index (χ2n) is 6.93. The molecule has 1 N–H and O–H groups in total. The number of aryl methyl sites for hydroxylation is 1. The van der Waals surface area contributed by atoms with E-state index in [9.17, 15) is 12.8 Å². The van der Waals surface area contributed by atoms with Gasteiger partial charge in [0.15, 0.2) is 11.5 Å². The number of imidazole rings is 1. The molecule has 0 aliphatic carbocycles. The van der Waals surface area contributed by atoms with Crippen LogP contribution in [0, 0.1) is 12.7 Å². The number of anilines is 1. The lowest BCUT2D eigenvalue weighted by atomic mass is 10.1. The fourth-order valence-corrected chi connectivity index (χ4v) is 4.29. The van der Waals surface area contributed by atoms with E-state index in [0.29, 0.717) is 22.7 Å². The molecule has 0 amide bonds. The number of sulfonamides is 1. The smallest absolute Gasteiger partial charge is 0.261 e. The summed E-state index contributed by atoms with van der Waals surface area (Å²) in [6.07, 6.45) is 5.99. The van der Waals surface area contributed by atoms with E-state index in [1.54, 1.807) is 37.4 Å². The summed E-state index contributed by atoms with van der Waals surface area (Å²) < 4.78 is 49.0. The normalized spacial score (nSPS) is 11.7. The van der Waals surface area contributed by atoms with Crippen LogP contribution in [0.1, 0.15) is 5.89 Å². The summed E-state index contributed by atoms with van der Waals surface area (Å²) >= 11 is 0. The Bertz CT molecular complexity index is 1550. The number of nitrogens with one attached hydrogen (secondary N) is 1. The van der Waals surface area contributed by atoms with E-state index < -0.39 is 15.8 Å². The lowest BCUT2D eigenvalue weighted by molar-refractivity contribution is 0.394. The Kier molecular flexibility index (Phi) is 4.67. The largest absolute Gasteiger partial charge is 0.339 e. The standard InChI is InChI=1S/C21H15FN6O3S/c1-13-25-20(26-31-13)19-11-24-21-18(22)8-15(12-28(19)21)14-7-16(10-23-9-14)27-32(29,30)17-5-3-2-4-6-17/h2-12,27H,1H3. The first-order valence-electron chi connectivity index (χ1n) is 9.41. The number of pyridine rings is 2. The van der Waals surface area contributed by atoms with Crippen molar-refractivity contribution in [2.75, 3.05) is 4.72 Å². The maximum absolute atomic E-state index is 14.8. The third-order valence-electron chi connectivity index (χ3n) is 4.69. The molecule has 4 heterocycles. The highest BCUT2D eigenvalue weighted by Gasteiger charge is 2.17. The Balaban J connectivity index is 1.55. The fraction of sp³-hybridized carbons (Fsp3) is 0.0476. The van der Waals surface area contributed by atoms with Crippen LogP contribution >= 0.6 is 0 Å². The predicted octanol–water partition coefficient (Wildman–Crippen LogP) is 3.69. The zero-order valence-corrected chi connectivity index (χ0v) is 17.4. The van der Waals surface area contributed by atoms with Crippen molar-refractivity contribution in [1.29, 1.82) is 0 Å². The van der Waals surface area contributed by atoms with Crippen LogP contribution in [0.2, 0.25) is 0 Å². The van der Waals surface area contributed by atoms with Crippen molar-refractivity contribution in [2.24, 2.45) is 0 Å². The van der Waals surface area contributed by atoms with Crippen molar-refractivity contribution < 1.29 is 17.3 Å². The van der Waals surface area contributed by atoms with Crippen molar-refractivity contribution in [3.8, 4) is 22.6 Å². The zero-order chi connectivity index (χ0) is 22.3. The molecule has 4 aromatic heterocycles. The topological polar surface area (TPSA) is 115 Å². The monoisotopic (exact) mass is 450 g/mol. The van der Waals surface area contributed by atoms with Crippen LogP contribution in [0.15, 0.2) is 76.7 Å². The highest BCUT2D eigenvalue weighted by Crippen LogP contribution is 2.27. The highest BCUT2D eigenvalue weighted by atomic mass is 32.2. The van der Waals surface area contributed by atoms with E-state index in [4.69, 9.17) is 4.52 Å². The Labute approximate surface area is 181 Å². The maximum Gasteiger partial charge on any atom is 0.261 e. The molecule has 0 saturated carbocycles. The van der Waals surface area contributed by atoms with Gasteiger partial charge in [-0.3, -0.25) is 14.1 Å². The summed E-state index contributed by atoms with van der Waals surface area (Å²) in [5.74, 6) is 0.0764. The first-order valence-corrected chi connectivity index (χ1v) is 10.9. The van der Waals surface area contributed by atoms with Crippen LogP contribution in [-0.2, 0) is 10.0 Å². The molecule has 0 atom stereocenters. The third-order valence-corrected chi connectivity index (χ3v) is 6.09. The number of hydrogen-bond acceptors (Lipinski definition) is 7. The van der Waals surface area contributed by atoms with Crippen LogP contribution < -0.4 is 4.72 Å². The summed E-state index contributed by atoms with van der Waals surface area (Å²) in [5, 5.41) is 3.87. The quantitative estimate of drug-likeness (QED) is 0.434. The molecular formula is C21H15FN6O3S. The number of benzene rings is 1. The zero-order valence-electron chi connectivity index (χ0n) is 16.6. The molecule has 0 aliphatic heterocycles. The summed E-state index contributed by atoms with van der Waals surface area (Å²) in [5.41, 5.74) is 1.75. The molecule has 160 valence electrons. The average Bonchev–Trinajstić information content (AvgIpc) is 3.40. The summed E-state index contributed by atoms with van der Waals surface area (Å²) in [6, 6.07) is 10.9. The minimum absolute atomic E-state index is 0.0973. The summed E-state index contributed by atoms with van der Waals surface area (Å²) in [7, 11) is -3.79. The van der Waals surface area contributed by atoms with E-state index in [2.05, 4.69) is 24.8 Å². The molecule has 5 rings (SSSR count). The van der Waals surface area contributed by atoms with Crippen LogP contribution in [0.4, 0.5) is 10.1 Å². The number of hydrogen-bond donors (Lipinski definition) is 1. The summed E-state index contributed by atoms with van der Waals surface area (Å²) in [6.45, 7) is 1.65. The average molecular weight is 450 g/mol. The molecule has 0 fully saturated rings. The number of halogens is 1. The number of aromatic nitrogens is 5. The molecule has 11 heteroatoms. The molecule has 5 aromatic rings. The van der Waals surface area contributed by atoms with Gasteiger partial charge in [-0.05, 0) is 24.3 Å². The molecule has 0 aliphatic rings. The molecule has 0 radical (unpaired) electrons. The SMILES string of the molecule is Cc1nc(-c2cnc3c(F)cc(-c4cncc(NS(=O)(=O)c5ccccc5)c4)cn23)no1. The van der Waals surface area contributed by atoms with Gasteiger partial charge in [-0.1, -0.05) is 23.4 Å². The second-order valence-corrected chi connectivity index (χ2v) is 8.61. The minimum Gasteiger partial charge on any atom is -0.339 e. The van der Waals surface area contributed by atoms with Crippen molar-refractivity contribution in [3.05, 3.63) is 79.0 Å². The van der Waals surface area contributed by atoms with Gasteiger partial charge < -0.3 is 4.52 Å². The fourth-order valence-electron chi connectivity index (χ4n) is 3.24. The van der Waals surface area contributed by atoms with Crippen LogP contribution in [-0.4, -0.2) is 32.9 Å². The van der Waals surface area contributed by atoms with Crippen LogP contribution in [0.3, 0.4) is 0 Å². The Morgan fingerprint density at radius 2 is 1.88 bits per heavy atom. The molecule has 0 saturated heterocycles. The van der Waals surface area contributed by atoms with E-state index in [1.807, 2.05) is 0 Å². The van der Waals surface area contributed by atoms with Gasteiger partial charge in [-0.25, -0.2) is 17.8 Å². The molecule has 0 spiro atoms. The van der Waals surface area contributed by atoms with Gasteiger partial charge in [0.25, 0.3) is 10.0 Å². The number of nitrogens with zero attached hydrogens (tertiary/aromatic N) is 5. The van der Waals surface area contributed by atoms with Crippen LogP contribution in [0.25, 0.3) is 28.3 Å². The highest BCUT2D eigenvalue weighted by molar-refractivity contribution is 7.92. The van der Waals surface area contributed by atoms with Gasteiger partial charge in [0.1, 0.15) is 5.69 Å².